The molecule has 0 unspecified atom stereocenters. The fourth-order valence-electron chi connectivity index (χ4n) is 3.06. The zero-order valence-corrected chi connectivity index (χ0v) is 18.5. The summed E-state index contributed by atoms with van der Waals surface area (Å²) in [6.07, 6.45) is 3.81. The number of carbonyl (C=O) groups is 2. The molecule has 2 heterocycles. The molecule has 166 valence electrons. The van der Waals surface area contributed by atoms with E-state index in [0.717, 1.165) is 28.7 Å². The van der Waals surface area contributed by atoms with Crippen molar-refractivity contribution < 1.29 is 19.4 Å². The highest BCUT2D eigenvalue weighted by atomic mass is 32.1. The van der Waals surface area contributed by atoms with Crippen molar-refractivity contribution in [2.45, 2.75) is 44.9 Å². The highest BCUT2D eigenvalue weighted by Crippen LogP contribution is 2.26. The molecule has 0 bridgehead atoms. The Morgan fingerprint density at radius 2 is 2.06 bits per heavy atom. The first-order valence-electron chi connectivity index (χ1n) is 10.0. The van der Waals surface area contributed by atoms with Crippen molar-refractivity contribution in [2.75, 3.05) is 18.1 Å². The molecule has 10 nitrogen and oxygen atoms in total. The molecular formula is C19H24N6O4S2. The Labute approximate surface area is 187 Å². The Morgan fingerprint density at radius 3 is 2.84 bits per heavy atom. The van der Waals surface area contributed by atoms with E-state index < -0.39 is 12.1 Å². The number of carbonyl (C=O) groups excluding carboxylic acids is 1. The Kier molecular flexibility index (Phi) is 8.47. The number of thiazole rings is 1. The second-order valence-corrected chi connectivity index (χ2v) is 8.67. The van der Waals surface area contributed by atoms with E-state index in [0.29, 0.717) is 42.0 Å². The summed E-state index contributed by atoms with van der Waals surface area (Å²) in [5.41, 5.74) is 1.68. The molecule has 1 amide bonds. The number of aromatic nitrogens is 5. The number of nitrogens with zero attached hydrogens (tertiary/aromatic N) is 4. The van der Waals surface area contributed by atoms with Crippen LogP contribution in [0.1, 0.15) is 44.3 Å². The van der Waals surface area contributed by atoms with Gasteiger partial charge in [-0.3, -0.25) is 9.69 Å². The average molecular weight is 465 g/mol. The first kappa shape index (κ1) is 22.8. The Bertz CT molecular complexity index is 1050. The SMILES string of the molecule is O=C(O)CCCCCOC(=O)N(CCCCc1nn[nH]n1)c1ccc2[nH]c(=S)sc2c1. The van der Waals surface area contributed by atoms with Crippen LogP contribution in [0.4, 0.5) is 10.5 Å². The first-order valence-corrected chi connectivity index (χ1v) is 11.3. The number of carboxylic acids is 1. The molecule has 3 aromatic rings. The minimum atomic E-state index is -0.813. The van der Waals surface area contributed by atoms with Crippen molar-refractivity contribution in [3.05, 3.63) is 28.0 Å². The maximum atomic E-state index is 12.8. The lowest BCUT2D eigenvalue weighted by Crippen LogP contribution is -2.32. The molecular weight excluding hydrogens is 440 g/mol. The van der Waals surface area contributed by atoms with Gasteiger partial charge in [0.05, 0.1) is 16.8 Å². The minimum Gasteiger partial charge on any atom is -0.481 e. The second kappa shape index (κ2) is 11.5. The van der Waals surface area contributed by atoms with Crippen LogP contribution in [-0.4, -0.2) is 55.9 Å². The normalized spacial score (nSPS) is 11.0. The lowest BCUT2D eigenvalue weighted by atomic mass is 10.2. The molecule has 1 aromatic carbocycles. The summed E-state index contributed by atoms with van der Waals surface area (Å²) in [6, 6.07) is 5.70. The molecule has 0 saturated carbocycles. The Morgan fingerprint density at radius 1 is 1.19 bits per heavy atom. The zero-order valence-electron chi connectivity index (χ0n) is 16.9. The van der Waals surface area contributed by atoms with E-state index in [1.165, 1.54) is 11.3 Å². The molecule has 0 radical (unpaired) electrons. The van der Waals surface area contributed by atoms with E-state index in [9.17, 15) is 9.59 Å². The summed E-state index contributed by atoms with van der Waals surface area (Å²) in [6.45, 7) is 0.736. The van der Waals surface area contributed by atoms with Gasteiger partial charge in [0.25, 0.3) is 0 Å². The number of tetrazole rings is 1. The lowest BCUT2D eigenvalue weighted by molar-refractivity contribution is -0.137. The van der Waals surface area contributed by atoms with E-state index >= 15 is 0 Å². The van der Waals surface area contributed by atoms with Crippen molar-refractivity contribution >= 4 is 51.5 Å². The number of hydrogen-bond acceptors (Lipinski definition) is 8. The molecule has 2 aromatic heterocycles. The molecule has 0 spiro atoms. The van der Waals surface area contributed by atoms with Gasteiger partial charge in [-0.15, -0.1) is 21.5 Å². The van der Waals surface area contributed by atoms with Crippen LogP contribution >= 0.6 is 23.6 Å². The molecule has 0 aliphatic carbocycles. The quantitative estimate of drug-likeness (QED) is 0.269. The van der Waals surface area contributed by atoms with Crippen LogP contribution in [-0.2, 0) is 16.0 Å². The summed E-state index contributed by atoms with van der Waals surface area (Å²) in [4.78, 5) is 28.1. The molecule has 12 heteroatoms. The fraction of sp³-hybridized carbons (Fsp3) is 0.474. The van der Waals surface area contributed by atoms with Gasteiger partial charge in [0.1, 0.15) is 0 Å². The molecule has 0 saturated heterocycles. The predicted octanol–water partition coefficient (Wildman–Crippen LogP) is 4.08. The lowest BCUT2D eigenvalue weighted by Gasteiger charge is -2.22. The van der Waals surface area contributed by atoms with Gasteiger partial charge in [-0.05, 0) is 62.5 Å². The van der Waals surface area contributed by atoms with Gasteiger partial charge in [0.15, 0.2) is 9.78 Å². The van der Waals surface area contributed by atoms with Crippen LogP contribution in [0.15, 0.2) is 18.2 Å². The summed E-state index contributed by atoms with van der Waals surface area (Å²) in [5, 5.41) is 22.5. The number of aromatic amines is 2. The smallest absolute Gasteiger partial charge is 0.414 e. The standard InChI is InChI=1S/C19H24N6O4S2/c26-17(27)7-2-1-5-11-29-19(28)25(10-4-3-6-16-21-23-24-22-16)13-8-9-14-15(12-13)31-18(30)20-14/h8-9,12H,1-7,10-11H2,(H,20,30)(H,26,27)(H,21,22,23,24). The molecule has 3 rings (SSSR count). The van der Waals surface area contributed by atoms with Crippen LogP contribution in [0.2, 0.25) is 0 Å². The van der Waals surface area contributed by atoms with Crippen LogP contribution in [0.3, 0.4) is 0 Å². The maximum Gasteiger partial charge on any atom is 0.414 e. The molecule has 0 fully saturated rings. The third-order valence-electron chi connectivity index (χ3n) is 4.62. The van der Waals surface area contributed by atoms with Crippen molar-refractivity contribution in [2.24, 2.45) is 0 Å². The van der Waals surface area contributed by atoms with Gasteiger partial charge in [0.2, 0.25) is 0 Å². The topological polar surface area (TPSA) is 137 Å². The average Bonchev–Trinajstić information content (AvgIpc) is 3.38. The monoisotopic (exact) mass is 464 g/mol. The predicted molar refractivity (Wildman–Crippen MR) is 119 cm³/mol. The summed E-state index contributed by atoms with van der Waals surface area (Å²) < 4.78 is 7.12. The highest BCUT2D eigenvalue weighted by molar-refractivity contribution is 7.73. The number of hydrogen-bond donors (Lipinski definition) is 3. The van der Waals surface area contributed by atoms with Gasteiger partial charge in [-0.2, -0.15) is 5.21 Å². The van der Waals surface area contributed by atoms with Crippen molar-refractivity contribution in [3.8, 4) is 0 Å². The van der Waals surface area contributed by atoms with E-state index in [-0.39, 0.29) is 13.0 Å². The zero-order chi connectivity index (χ0) is 22.1. The van der Waals surface area contributed by atoms with Gasteiger partial charge < -0.3 is 14.8 Å². The number of fused-ring (bicyclic) bond motifs is 1. The van der Waals surface area contributed by atoms with E-state index in [1.54, 1.807) is 4.90 Å². The number of aryl methyl sites for hydroxylation is 1. The van der Waals surface area contributed by atoms with Gasteiger partial charge in [-0.1, -0.05) is 5.21 Å². The number of rotatable bonds is 12. The number of amides is 1. The van der Waals surface area contributed by atoms with Crippen LogP contribution in [0.25, 0.3) is 10.2 Å². The van der Waals surface area contributed by atoms with E-state index in [1.807, 2.05) is 18.2 Å². The van der Waals surface area contributed by atoms with E-state index in [2.05, 4.69) is 25.6 Å². The second-order valence-electron chi connectivity index (χ2n) is 6.95. The van der Waals surface area contributed by atoms with Crippen molar-refractivity contribution in [1.29, 1.82) is 0 Å². The fourth-order valence-corrected chi connectivity index (χ4v) is 4.21. The van der Waals surface area contributed by atoms with E-state index in [4.69, 9.17) is 22.1 Å². The van der Waals surface area contributed by atoms with Gasteiger partial charge >= 0.3 is 12.1 Å². The van der Waals surface area contributed by atoms with Gasteiger partial charge in [-0.25, -0.2) is 4.79 Å². The third kappa shape index (κ3) is 7.10. The van der Waals surface area contributed by atoms with Crippen molar-refractivity contribution in [3.63, 3.8) is 0 Å². The number of carboxylic acid groups (broad SMARTS) is 1. The Hall–Kier alpha value is -2.86. The largest absolute Gasteiger partial charge is 0.481 e. The summed E-state index contributed by atoms with van der Waals surface area (Å²) >= 11 is 6.66. The molecule has 0 aliphatic heterocycles. The maximum absolute atomic E-state index is 12.8. The van der Waals surface area contributed by atoms with Crippen molar-refractivity contribution in [1.82, 2.24) is 25.6 Å². The molecule has 31 heavy (non-hydrogen) atoms. The number of benzene rings is 1. The van der Waals surface area contributed by atoms with Crippen LogP contribution in [0.5, 0.6) is 0 Å². The summed E-state index contributed by atoms with van der Waals surface area (Å²) in [5.74, 6) is -0.170. The number of H-pyrrole nitrogens is 2. The molecule has 0 atom stereocenters. The molecule has 0 aliphatic rings. The third-order valence-corrected chi connectivity index (χ3v) is 5.82. The number of aliphatic carboxylic acids is 1. The minimum absolute atomic E-state index is 0.128. The Balaban J connectivity index is 1.59. The first-order chi connectivity index (χ1) is 15.0. The number of nitrogens with one attached hydrogen (secondary N) is 2. The van der Waals surface area contributed by atoms with Crippen LogP contribution < -0.4 is 4.90 Å². The number of ether oxygens (including phenoxy) is 1. The summed E-state index contributed by atoms with van der Waals surface area (Å²) in [7, 11) is 0. The molecule has 3 N–H and O–H groups in total. The highest BCUT2D eigenvalue weighted by Gasteiger charge is 2.18. The van der Waals surface area contributed by atoms with Crippen LogP contribution in [0, 0.1) is 3.95 Å². The number of anilines is 1. The number of unbranched alkanes of at least 4 members (excludes halogenated alkanes) is 3. The van der Waals surface area contributed by atoms with Gasteiger partial charge in [0, 0.05) is 25.1 Å².